The first kappa shape index (κ1) is 17.5. The van der Waals surface area contributed by atoms with Crippen LogP contribution >= 0.6 is 0 Å². The van der Waals surface area contributed by atoms with Crippen molar-refractivity contribution in [2.45, 2.75) is 44.6 Å². The van der Waals surface area contributed by atoms with Crippen molar-refractivity contribution in [2.24, 2.45) is 13.0 Å². The molecule has 0 bridgehead atoms. The van der Waals surface area contributed by atoms with Gasteiger partial charge < -0.3 is 14.6 Å². The standard InChI is InChI=1S/C20H27N3O2/c1-23-14-13-21-20(23)19(16-9-5-6-10-17(16)25-2)22-18(24)12-11-15-7-3-4-8-15/h5-6,9-10,13-15,19H,3-4,7-8,11-12H2,1-2H3,(H,22,24)/t19-/m0/s1. The van der Waals surface area contributed by atoms with E-state index in [1.165, 1.54) is 25.7 Å². The van der Waals surface area contributed by atoms with Crippen LogP contribution in [0.15, 0.2) is 36.7 Å². The topological polar surface area (TPSA) is 56.1 Å². The summed E-state index contributed by atoms with van der Waals surface area (Å²) < 4.78 is 7.44. The van der Waals surface area contributed by atoms with Crippen LogP contribution in [0.1, 0.15) is 56.0 Å². The highest BCUT2D eigenvalue weighted by Gasteiger charge is 2.24. The molecule has 1 fully saturated rings. The van der Waals surface area contributed by atoms with Crippen molar-refractivity contribution in [1.82, 2.24) is 14.9 Å². The number of aryl methyl sites for hydroxylation is 1. The Labute approximate surface area is 149 Å². The van der Waals surface area contributed by atoms with E-state index < -0.39 is 0 Å². The van der Waals surface area contributed by atoms with Crippen LogP contribution in [-0.2, 0) is 11.8 Å². The quantitative estimate of drug-likeness (QED) is 0.837. The van der Waals surface area contributed by atoms with Crippen LogP contribution in [0.25, 0.3) is 0 Å². The van der Waals surface area contributed by atoms with Gasteiger partial charge in [-0.15, -0.1) is 0 Å². The minimum atomic E-state index is -0.313. The maximum atomic E-state index is 12.6. The molecule has 3 rings (SSSR count). The average Bonchev–Trinajstić information content (AvgIpc) is 3.29. The Bertz CT molecular complexity index is 704. The highest BCUT2D eigenvalue weighted by Crippen LogP contribution is 2.30. The second kappa shape index (κ2) is 8.19. The number of methoxy groups -OCH3 is 1. The summed E-state index contributed by atoms with van der Waals surface area (Å²) in [6, 6.07) is 7.47. The third-order valence-electron chi connectivity index (χ3n) is 5.13. The van der Waals surface area contributed by atoms with E-state index in [1.54, 1.807) is 13.3 Å². The highest BCUT2D eigenvalue weighted by atomic mass is 16.5. The molecule has 0 unspecified atom stereocenters. The first-order valence-electron chi connectivity index (χ1n) is 9.08. The lowest BCUT2D eigenvalue weighted by molar-refractivity contribution is -0.121. The van der Waals surface area contributed by atoms with Crippen molar-refractivity contribution < 1.29 is 9.53 Å². The van der Waals surface area contributed by atoms with Crippen LogP contribution in [0.3, 0.4) is 0 Å². The third kappa shape index (κ3) is 4.21. The van der Waals surface area contributed by atoms with Gasteiger partial charge in [0.15, 0.2) is 0 Å². The number of imidazole rings is 1. The Morgan fingerprint density at radius 1 is 1.36 bits per heavy atom. The van der Waals surface area contributed by atoms with E-state index in [9.17, 15) is 4.79 Å². The summed E-state index contributed by atoms with van der Waals surface area (Å²) in [7, 11) is 3.59. The Morgan fingerprint density at radius 3 is 2.80 bits per heavy atom. The lowest BCUT2D eigenvalue weighted by atomic mass is 10.0. The Hall–Kier alpha value is -2.30. The van der Waals surface area contributed by atoms with Crippen molar-refractivity contribution in [3.63, 3.8) is 0 Å². The lowest BCUT2D eigenvalue weighted by Gasteiger charge is -2.21. The molecule has 134 valence electrons. The molecule has 0 aliphatic heterocycles. The molecule has 1 atom stereocenters. The highest BCUT2D eigenvalue weighted by molar-refractivity contribution is 5.77. The smallest absolute Gasteiger partial charge is 0.220 e. The SMILES string of the molecule is COc1ccccc1[C@H](NC(=O)CCC1CCCC1)c1nccn1C. The fraction of sp³-hybridized carbons (Fsp3) is 0.500. The van der Waals surface area contributed by atoms with Crippen LogP contribution in [0.4, 0.5) is 0 Å². The van der Waals surface area contributed by atoms with Crippen molar-refractivity contribution >= 4 is 5.91 Å². The van der Waals surface area contributed by atoms with E-state index in [2.05, 4.69) is 10.3 Å². The summed E-state index contributed by atoms with van der Waals surface area (Å²) in [5, 5.41) is 3.17. The number of nitrogens with zero attached hydrogens (tertiary/aromatic N) is 2. The number of para-hydroxylation sites is 1. The number of carbonyl (C=O) groups excluding carboxylic acids is 1. The summed E-state index contributed by atoms with van der Waals surface area (Å²) in [6.45, 7) is 0. The molecule has 1 saturated carbocycles. The molecule has 0 spiro atoms. The summed E-state index contributed by atoms with van der Waals surface area (Å²) >= 11 is 0. The van der Waals surface area contributed by atoms with Crippen LogP contribution in [0.2, 0.25) is 0 Å². The van der Waals surface area contributed by atoms with Crippen LogP contribution in [-0.4, -0.2) is 22.6 Å². The second-order valence-corrected chi connectivity index (χ2v) is 6.83. The average molecular weight is 341 g/mol. The molecule has 1 aromatic heterocycles. The molecular weight excluding hydrogens is 314 g/mol. The molecule has 5 heteroatoms. The number of aromatic nitrogens is 2. The maximum absolute atomic E-state index is 12.6. The molecule has 1 aliphatic rings. The van der Waals surface area contributed by atoms with E-state index in [4.69, 9.17) is 4.74 Å². The molecule has 1 aromatic carbocycles. The number of nitrogens with one attached hydrogen (secondary N) is 1. The van der Waals surface area contributed by atoms with E-state index in [0.29, 0.717) is 12.3 Å². The van der Waals surface area contributed by atoms with Gasteiger partial charge in [0.25, 0.3) is 0 Å². The van der Waals surface area contributed by atoms with Crippen LogP contribution in [0.5, 0.6) is 5.75 Å². The number of amides is 1. The van der Waals surface area contributed by atoms with Gasteiger partial charge in [0.1, 0.15) is 17.6 Å². The fourth-order valence-corrected chi connectivity index (χ4v) is 3.71. The van der Waals surface area contributed by atoms with Gasteiger partial charge in [-0.05, 0) is 18.4 Å². The molecule has 1 aliphatic carbocycles. The van der Waals surface area contributed by atoms with Gasteiger partial charge in [0.05, 0.1) is 7.11 Å². The van der Waals surface area contributed by atoms with Gasteiger partial charge in [-0.25, -0.2) is 4.98 Å². The third-order valence-corrected chi connectivity index (χ3v) is 5.13. The number of hydrogen-bond acceptors (Lipinski definition) is 3. The minimum absolute atomic E-state index is 0.0748. The van der Waals surface area contributed by atoms with Crippen molar-refractivity contribution in [3.8, 4) is 5.75 Å². The summed E-state index contributed by atoms with van der Waals surface area (Å²) in [5.74, 6) is 2.35. The monoisotopic (exact) mass is 341 g/mol. The Balaban J connectivity index is 1.77. The van der Waals surface area contributed by atoms with E-state index >= 15 is 0 Å². The van der Waals surface area contributed by atoms with Crippen molar-refractivity contribution in [2.75, 3.05) is 7.11 Å². The number of benzene rings is 1. The molecule has 1 heterocycles. The molecule has 1 amide bonds. The van der Waals surface area contributed by atoms with Crippen molar-refractivity contribution in [3.05, 3.63) is 48.0 Å². The van der Waals surface area contributed by atoms with E-state index in [1.807, 2.05) is 42.1 Å². The second-order valence-electron chi connectivity index (χ2n) is 6.83. The number of carbonyl (C=O) groups is 1. The molecule has 25 heavy (non-hydrogen) atoms. The Morgan fingerprint density at radius 2 is 2.12 bits per heavy atom. The Kier molecular flexibility index (Phi) is 5.74. The van der Waals surface area contributed by atoms with Gasteiger partial charge in [-0.2, -0.15) is 0 Å². The zero-order valence-electron chi connectivity index (χ0n) is 15.1. The molecule has 2 aromatic rings. The number of rotatable bonds is 7. The van der Waals surface area contributed by atoms with Crippen LogP contribution < -0.4 is 10.1 Å². The lowest BCUT2D eigenvalue weighted by Crippen LogP contribution is -2.31. The molecule has 5 nitrogen and oxygen atoms in total. The maximum Gasteiger partial charge on any atom is 0.220 e. The summed E-state index contributed by atoms with van der Waals surface area (Å²) in [5.41, 5.74) is 0.925. The van der Waals surface area contributed by atoms with E-state index in [-0.39, 0.29) is 11.9 Å². The van der Waals surface area contributed by atoms with Crippen LogP contribution in [0, 0.1) is 5.92 Å². The minimum Gasteiger partial charge on any atom is -0.496 e. The fourth-order valence-electron chi connectivity index (χ4n) is 3.71. The zero-order valence-corrected chi connectivity index (χ0v) is 15.1. The number of ether oxygens (including phenoxy) is 1. The first-order valence-corrected chi connectivity index (χ1v) is 9.08. The normalized spacial score (nSPS) is 15.9. The van der Waals surface area contributed by atoms with Gasteiger partial charge in [-0.3, -0.25) is 4.79 Å². The predicted octanol–water partition coefficient (Wildman–Crippen LogP) is 3.60. The van der Waals surface area contributed by atoms with Gasteiger partial charge >= 0.3 is 0 Å². The molecular formula is C20H27N3O2. The molecule has 0 saturated heterocycles. The van der Waals surface area contributed by atoms with Gasteiger partial charge in [0, 0.05) is 31.4 Å². The van der Waals surface area contributed by atoms with Gasteiger partial charge in [-0.1, -0.05) is 43.9 Å². The largest absolute Gasteiger partial charge is 0.496 e. The molecule has 1 N–H and O–H groups in total. The molecule has 0 radical (unpaired) electrons. The summed E-state index contributed by atoms with van der Waals surface area (Å²) in [6.07, 6.45) is 10.3. The van der Waals surface area contributed by atoms with E-state index in [0.717, 1.165) is 23.6 Å². The van der Waals surface area contributed by atoms with Gasteiger partial charge in [0.2, 0.25) is 5.91 Å². The summed E-state index contributed by atoms with van der Waals surface area (Å²) in [4.78, 5) is 17.1. The predicted molar refractivity (Wildman–Crippen MR) is 97.4 cm³/mol. The van der Waals surface area contributed by atoms with Crippen molar-refractivity contribution in [1.29, 1.82) is 0 Å². The zero-order chi connectivity index (χ0) is 17.6. The number of hydrogen-bond donors (Lipinski definition) is 1. The first-order chi connectivity index (χ1) is 12.2.